The molecule has 0 aliphatic rings. The van der Waals surface area contributed by atoms with Crippen molar-refractivity contribution in [1.82, 2.24) is 19.7 Å². The lowest BCUT2D eigenvalue weighted by Gasteiger charge is -2.00. The van der Waals surface area contributed by atoms with E-state index in [1.165, 1.54) is 6.07 Å². The second-order valence-corrected chi connectivity index (χ2v) is 3.40. The summed E-state index contributed by atoms with van der Waals surface area (Å²) in [5.41, 5.74) is 1.15. The molecule has 2 aromatic rings. The van der Waals surface area contributed by atoms with E-state index in [2.05, 4.69) is 15.1 Å². The number of carboxylic acids is 1. The molecule has 6 heteroatoms. The van der Waals surface area contributed by atoms with Crippen LogP contribution >= 0.6 is 0 Å². The molecule has 16 heavy (non-hydrogen) atoms. The van der Waals surface area contributed by atoms with Crippen LogP contribution in [0.2, 0.25) is 0 Å². The van der Waals surface area contributed by atoms with E-state index >= 15 is 0 Å². The van der Waals surface area contributed by atoms with Gasteiger partial charge in [0.1, 0.15) is 5.69 Å². The monoisotopic (exact) mass is 218 g/mol. The number of aromatic carboxylic acids is 1. The molecule has 0 atom stereocenters. The molecule has 2 aromatic heterocycles. The van der Waals surface area contributed by atoms with Crippen LogP contribution in [0.3, 0.4) is 0 Å². The number of rotatable bonds is 2. The van der Waals surface area contributed by atoms with Crippen LogP contribution in [0, 0.1) is 6.92 Å². The maximum Gasteiger partial charge on any atom is 0.354 e. The Bertz CT molecular complexity index is 548. The maximum absolute atomic E-state index is 10.8. The molecular formula is C10H10N4O2. The lowest BCUT2D eigenvalue weighted by molar-refractivity contribution is 0.0690. The second-order valence-electron chi connectivity index (χ2n) is 3.40. The molecule has 2 rings (SSSR count). The Morgan fingerprint density at radius 1 is 1.44 bits per heavy atom. The van der Waals surface area contributed by atoms with E-state index in [-0.39, 0.29) is 5.69 Å². The summed E-state index contributed by atoms with van der Waals surface area (Å²) in [5, 5.41) is 13.0. The van der Waals surface area contributed by atoms with Crippen LogP contribution in [-0.4, -0.2) is 30.8 Å². The van der Waals surface area contributed by atoms with Crippen molar-refractivity contribution < 1.29 is 9.90 Å². The molecule has 0 spiro atoms. The minimum atomic E-state index is -1.07. The van der Waals surface area contributed by atoms with Crippen molar-refractivity contribution in [1.29, 1.82) is 0 Å². The van der Waals surface area contributed by atoms with Crippen LogP contribution in [0.4, 0.5) is 0 Å². The summed E-state index contributed by atoms with van der Waals surface area (Å²) in [6.45, 7) is 1.72. The summed E-state index contributed by atoms with van der Waals surface area (Å²) in [6, 6.07) is 3.16. The second kappa shape index (κ2) is 3.73. The molecule has 82 valence electrons. The van der Waals surface area contributed by atoms with Crippen LogP contribution in [0.15, 0.2) is 18.3 Å². The zero-order valence-electron chi connectivity index (χ0n) is 8.88. The Morgan fingerprint density at radius 3 is 2.75 bits per heavy atom. The molecule has 0 aromatic carbocycles. The van der Waals surface area contributed by atoms with Gasteiger partial charge < -0.3 is 5.11 Å². The Kier molecular flexibility index (Phi) is 2.40. The SMILES string of the molecule is Cc1cc(C(=O)O)nc(-c2ccn(C)n2)n1. The number of carboxylic acid groups (broad SMARTS) is 1. The van der Waals surface area contributed by atoms with Gasteiger partial charge in [0.05, 0.1) is 0 Å². The maximum atomic E-state index is 10.8. The van der Waals surface area contributed by atoms with Crippen LogP contribution in [-0.2, 0) is 7.05 Å². The van der Waals surface area contributed by atoms with E-state index in [1.807, 2.05) is 0 Å². The van der Waals surface area contributed by atoms with Crippen molar-refractivity contribution in [3.63, 3.8) is 0 Å². The molecule has 0 fully saturated rings. The van der Waals surface area contributed by atoms with Crippen LogP contribution < -0.4 is 0 Å². The van der Waals surface area contributed by atoms with Gasteiger partial charge in [0.15, 0.2) is 11.5 Å². The Balaban J connectivity index is 2.53. The van der Waals surface area contributed by atoms with Gasteiger partial charge in [0.2, 0.25) is 0 Å². The first-order chi connectivity index (χ1) is 7.56. The van der Waals surface area contributed by atoms with E-state index in [9.17, 15) is 4.79 Å². The van der Waals surface area contributed by atoms with Crippen molar-refractivity contribution in [2.24, 2.45) is 7.05 Å². The van der Waals surface area contributed by atoms with Gasteiger partial charge in [0.25, 0.3) is 0 Å². The molecule has 0 aliphatic carbocycles. The normalized spacial score (nSPS) is 10.4. The number of carbonyl (C=O) groups is 1. The summed E-state index contributed by atoms with van der Waals surface area (Å²) in [5.74, 6) is -0.735. The highest BCUT2D eigenvalue weighted by Gasteiger charge is 2.11. The third-order valence-corrected chi connectivity index (χ3v) is 2.02. The highest BCUT2D eigenvalue weighted by atomic mass is 16.4. The Labute approximate surface area is 91.6 Å². The molecule has 0 saturated carbocycles. The zero-order chi connectivity index (χ0) is 11.7. The van der Waals surface area contributed by atoms with Crippen LogP contribution in [0.5, 0.6) is 0 Å². The van der Waals surface area contributed by atoms with Crippen molar-refractivity contribution >= 4 is 5.97 Å². The van der Waals surface area contributed by atoms with E-state index in [1.54, 1.807) is 30.9 Å². The van der Waals surface area contributed by atoms with Crippen LogP contribution in [0.25, 0.3) is 11.5 Å². The number of aryl methyl sites for hydroxylation is 2. The smallest absolute Gasteiger partial charge is 0.354 e. The van der Waals surface area contributed by atoms with E-state index in [0.717, 1.165) is 0 Å². The van der Waals surface area contributed by atoms with Gasteiger partial charge in [-0.15, -0.1) is 0 Å². The number of hydrogen-bond acceptors (Lipinski definition) is 4. The minimum absolute atomic E-state index is 0.0202. The standard InChI is InChI=1S/C10H10N4O2/c1-6-5-8(10(15)16)12-9(11-6)7-3-4-14(2)13-7/h3-5H,1-2H3,(H,15,16). The third kappa shape index (κ3) is 1.90. The summed E-state index contributed by atoms with van der Waals surface area (Å²) in [7, 11) is 1.78. The van der Waals surface area contributed by atoms with Crippen molar-refractivity contribution in [3.8, 4) is 11.5 Å². The van der Waals surface area contributed by atoms with Crippen molar-refractivity contribution in [2.45, 2.75) is 6.92 Å². The van der Waals surface area contributed by atoms with Gasteiger partial charge in [-0.25, -0.2) is 14.8 Å². The average molecular weight is 218 g/mol. The minimum Gasteiger partial charge on any atom is -0.477 e. The third-order valence-electron chi connectivity index (χ3n) is 2.02. The molecule has 0 unspecified atom stereocenters. The molecule has 6 nitrogen and oxygen atoms in total. The Hall–Kier alpha value is -2.24. The highest BCUT2D eigenvalue weighted by Crippen LogP contribution is 2.12. The van der Waals surface area contributed by atoms with Gasteiger partial charge >= 0.3 is 5.97 Å². The number of aromatic nitrogens is 4. The summed E-state index contributed by atoms with van der Waals surface area (Å²) < 4.78 is 1.61. The first-order valence-electron chi connectivity index (χ1n) is 4.65. The summed E-state index contributed by atoms with van der Waals surface area (Å²) in [4.78, 5) is 18.9. The molecule has 0 amide bonds. The van der Waals surface area contributed by atoms with Gasteiger partial charge in [-0.05, 0) is 19.1 Å². The molecule has 2 heterocycles. The van der Waals surface area contributed by atoms with Gasteiger partial charge in [0, 0.05) is 18.9 Å². The van der Waals surface area contributed by atoms with Crippen molar-refractivity contribution in [3.05, 3.63) is 29.7 Å². The predicted octanol–water partition coefficient (Wildman–Crippen LogP) is 0.884. The van der Waals surface area contributed by atoms with E-state index in [0.29, 0.717) is 17.2 Å². The topological polar surface area (TPSA) is 80.9 Å². The van der Waals surface area contributed by atoms with Gasteiger partial charge in [-0.1, -0.05) is 0 Å². The molecule has 0 aliphatic heterocycles. The van der Waals surface area contributed by atoms with Crippen LogP contribution in [0.1, 0.15) is 16.2 Å². The zero-order valence-corrected chi connectivity index (χ0v) is 8.88. The lowest BCUT2D eigenvalue weighted by atomic mass is 10.3. The molecular weight excluding hydrogens is 208 g/mol. The van der Waals surface area contributed by atoms with Gasteiger partial charge in [-0.2, -0.15) is 5.10 Å². The molecule has 0 radical (unpaired) electrons. The predicted molar refractivity (Wildman–Crippen MR) is 55.9 cm³/mol. The molecule has 0 saturated heterocycles. The first-order valence-corrected chi connectivity index (χ1v) is 4.65. The average Bonchev–Trinajstić information content (AvgIpc) is 2.64. The Morgan fingerprint density at radius 2 is 2.19 bits per heavy atom. The largest absolute Gasteiger partial charge is 0.477 e. The van der Waals surface area contributed by atoms with Crippen molar-refractivity contribution in [2.75, 3.05) is 0 Å². The fourth-order valence-electron chi connectivity index (χ4n) is 1.33. The fourth-order valence-corrected chi connectivity index (χ4v) is 1.33. The lowest BCUT2D eigenvalue weighted by Crippen LogP contribution is -2.04. The molecule has 1 N–H and O–H groups in total. The quantitative estimate of drug-likeness (QED) is 0.809. The highest BCUT2D eigenvalue weighted by molar-refractivity contribution is 5.85. The molecule has 0 bridgehead atoms. The van der Waals surface area contributed by atoms with E-state index in [4.69, 9.17) is 5.11 Å². The van der Waals surface area contributed by atoms with Gasteiger partial charge in [-0.3, -0.25) is 4.68 Å². The summed E-state index contributed by atoms with van der Waals surface area (Å²) in [6.07, 6.45) is 1.75. The van der Waals surface area contributed by atoms with E-state index < -0.39 is 5.97 Å². The summed E-state index contributed by atoms with van der Waals surface area (Å²) >= 11 is 0. The number of nitrogens with zero attached hydrogens (tertiary/aromatic N) is 4. The fraction of sp³-hybridized carbons (Fsp3) is 0.200. The first kappa shape index (κ1) is 10.3. The number of hydrogen-bond donors (Lipinski definition) is 1.